The Morgan fingerprint density at radius 1 is 1.13 bits per heavy atom. The van der Waals surface area contributed by atoms with E-state index < -0.39 is 42.4 Å². The third-order valence-electron chi connectivity index (χ3n) is 5.59. The van der Waals surface area contributed by atoms with Crippen molar-refractivity contribution in [3.05, 3.63) is 64.0 Å². The summed E-state index contributed by atoms with van der Waals surface area (Å²) in [6.07, 6.45) is -7.14. The van der Waals surface area contributed by atoms with E-state index >= 15 is 0 Å². The summed E-state index contributed by atoms with van der Waals surface area (Å²) in [7, 11) is 0. The summed E-state index contributed by atoms with van der Waals surface area (Å²) in [5, 5.41) is 15.3. The van der Waals surface area contributed by atoms with Gasteiger partial charge in [0.05, 0.1) is 18.8 Å². The molecular weight excluding hydrogens is 555 g/mol. The van der Waals surface area contributed by atoms with Crippen molar-refractivity contribution < 1.29 is 27.1 Å². The van der Waals surface area contributed by atoms with Gasteiger partial charge in [0, 0.05) is 22.4 Å². The molecule has 4 rings (SSSR count). The number of rotatable bonds is 8. The van der Waals surface area contributed by atoms with Crippen LogP contribution < -0.4 is 16.1 Å². The van der Waals surface area contributed by atoms with Crippen molar-refractivity contribution >= 4 is 34.9 Å². The number of aliphatic hydroxyl groups is 1. The van der Waals surface area contributed by atoms with Crippen LogP contribution in [0.3, 0.4) is 0 Å². The van der Waals surface area contributed by atoms with E-state index in [2.05, 4.69) is 15.5 Å². The third-order valence-corrected chi connectivity index (χ3v) is 6.63. The zero-order valence-corrected chi connectivity index (χ0v) is 21.5. The molecule has 1 aliphatic heterocycles. The van der Waals surface area contributed by atoms with Gasteiger partial charge in [-0.3, -0.25) is 9.58 Å². The number of halogens is 6. The van der Waals surface area contributed by atoms with Crippen LogP contribution in [0.25, 0.3) is 11.4 Å². The second-order valence-electron chi connectivity index (χ2n) is 8.46. The lowest BCUT2D eigenvalue weighted by molar-refractivity contribution is -0.207. The van der Waals surface area contributed by atoms with Gasteiger partial charge < -0.3 is 5.11 Å². The van der Waals surface area contributed by atoms with Crippen LogP contribution in [-0.4, -0.2) is 55.9 Å². The first kappa shape index (κ1) is 28.1. The summed E-state index contributed by atoms with van der Waals surface area (Å²) in [6, 6.07) is 12.6. The van der Waals surface area contributed by atoms with Gasteiger partial charge in [0.2, 0.25) is 0 Å². The first-order chi connectivity index (χ1) is 17.8. The molecule has 2 N–H and O–H groups in total. The number of thioether (sulfide) groups is 1. The molecule has 0 aliphatic carbocycles. The third kappa shape index (κ3) is 5.87. The largest absolute Gasteiger partial charge is 0.416 e. The highest BCUT2D eigenvalue weighted by molar-refractivity contribution is 7.98. The highest BCUT2D eigenvalue weighted by Gasteiger charge is 2.42. The monoisotopic (exact) mass is 576 g/mol. The Hall–Kier alpha value is -2.94. The van der Waals surface area contributed by atoms with Gasteiger partial charge in [0.25, 0.3) is 0 Å². The molecule has 0 spiro atoms. The molecule has 204 valence electrons. The number of para-hydroxylation sites is 1. The van der Waals surface area contributed by atoms with Crippen LogP contribution in [0.5, 0.6) is 0 Å². The molecule has 0 saturated carbocycles. The zero-order valence-electron chi connectivity index (χ0n) is 20.0. The summed E-state index contributed by atoms with van der Waals surface area (Å²) in [6.45, 7) is -0.818. The number of hydrogen-bond donors (Lipinski definition) is 2. The molecule has 0 bridgehead atoms. The second-order valence-corrected chi connectivity index (χ2v) is 9.74. The fraction of sp³-hybridized carbons (Fsp3) is 0.348. The molecule has 38 heavy (non-hydrogen) atoms. The van der Waals surface area contributed by atoms with E-state index in [9.17, 15) is 31.9 Å². The number of benzene rings is 2. The number of anilines is 1. The van der Waals surface area contributed by atoms with Gasteiger partial charge in [-0.25, -0.2) is 19.9 Å². The molecular formula is C23H22ClF5N6O2S. The quantitative estimate of drug-likeness (QED) is 0.305. The molecule has 2 aromatic carbocycles. The van der Waals surface area contributed by atoms with Gasteiger partial charge in [-0.15, -0.1) is 16.9 Å². The second kappa shape index (κ2) is 10.7. The van der Waals surface area contributed by atoms with Gasteiger partial charge in [-0.05, 0) is 42.7 Å². The van der Waals surface area contributed by atoms with Crippen LogP contribution in [0.4, 0.5) is 27.6 Å². The summed E-state index contributed by atoms with van der Waals surface area (Å²) >= 11 is 7.23. The van der Waals surface area contributed by atoms with E-state index in [1.807, 2.05) is 0 Å². The van der Waals surface area contributed by atoms with Crippen LogP contribution in [-0.2, 0) is 13.1 Å². The summed E-state index contributed by atoms with van der Waals surface area (Å²) in [5.74, 6) is -4.12. The Kier molecular flexibility index (Phi) is 7.89. The molecule has 15 heteroatoms. The van der Waals surface area contributed by atoms with E-state index in [1.165, 1.54) is 36.0 Å². The first-order valence-electron chi connectivity index (χ1n) is 11.1. The van der Waals surface area contributed by atoms with Crippen molar-refractivity contribution in [2.75, 3.05) is 11.3 Å². The van der Waals surface area contributed by atoms with Crippen molar-refractivity contribution in [2.45, 2.75) is 49.3 Å². The first-order valence-corrected chi connectivity index (χ1v) is 12.7. The van der Waals surface area contributed by atoms with E-state index in [4.69, 9.17) is 11.6 Å². The van der Waals surface area contributed by atoms with Gasteiger partial charge in [0.1, 0.15) is 6.17 Å². The average Bonchev–Trinajstić information content (AvgIpc) is 3.41. The fourth-order valence-corrected chi connectivity index (χ4v) is 4.52. The number of aliphatic hydroxyl groups excluding tert-OH is 1. The predicted molar refractivity (Wildman–Crippen MR) is 135 cm³/mol. The normalized spacial score (nSPS) is 17.1. The van der Waals surface area contributed by atoms with Gasteiger partial charge >= 0.3 is 17.8 Å². The van der Waals surface area contributed by atoms with Gasteiger partial charge in [-0.2, -0.15) is 22.0 Å². The van der Waals surface area contributed by atoms with Crippen LogP contribution in [0.1, 0.15) is 6.92 Å². The lowest BCUT2D eigenvalue weighted by Crippen LogP contribution is -2.48. The number of aliphatic imine (C=N–C) groups is 1. The SMILES string of the molecule is CSc1ccccc1N1NC(Cn2nc(-c3ccc(Cl)cc3)n(C[C@H](O)C(F)(F)F)c2=O)N=C1C(C)(F)F. The highest BCUT2D eigenvalue weighted by atomic mass is 35.5. The van der Waals surface area contributed by atoms with Crippen molar-refractivity contribution in [1.29, 1.82) is 0 Å². The molecule has 1 aromatic heterocycles. The van der Waals surface area contributed by atoms with Crippen molar-refractivity contribution in [3.63, 3.8) is 0 Å². The molecule has 2 atom stereocenters. The minimum Gasteiger partial charge on any atom is -0.382 e. The lowest BCUT2D eigenvalue weighted by atomic mass is 10.2. The number of hydrazine groups is 1. The number of hydrogen-bond acceptors (Lipinski definition) is 7. The Morgan fingerprint density at radius 3 is 2.39 bits per heavy atom. The Balaban J connectivity index is 1.72. The number of amidine groups is 1. The number of alkyl halides is 5. The molecule has 1 unspecified atom stereocenters. The topological polar surface area (TPSA) is 87.7 Å². The molecule has 0 saturated heterocycles. The molecule has 3 aromatic rings. The molecule has 8 nitrogen and oxygen atoms in total. The van der Waals surface area contributed by atoms with Crippen molar-refractivity contribution in [2.24, 2.45) is 4.99 Å². The van der Waals surface area contributed by atoms with Crippen LogP contribution in [0.2, 0.25) is 5.02 Å². The molecule has 2 heterocycles. The maximum atomic E-state index is 14.5. The molecule has 1 aliphatic rings. The predicted octanol–water partition coefficient (Wildman–Crippen LogP) is 4.41. The summed E-state index contributed by atoms with van der Waals surface area (Å²) < 4.78 is 69.8. The number of aromatic nitrogens is 3. The molecule has 0 fully saturated rings. The minimum atomic E-state index is -4.98. The lowest BCUT2D eigenvalue weighted by Gasteiger charge is -2.26. The maximum absolute atomic E-state index is 14.5. The van der Waals surface area contributed by atoms with Gasteiger partial charge in [-0.1, -0.05) is 23.7 Å². The van der Waals surface area contributed by atoms with E-state index in [-0.39, 0.29) is 17.9 Å². The zero-order chi connectivity index (χ0) is 27.8. The van der Waals surface area contributed by atoms with Crippen LogP contribution >= 0.6 is 23.4 Å². The van der Waals surface area contributed by atoms with Crippen LogP contribution in [0, 0.1) is 0 Å². The number of nitrogens with one attached hydrogen (secondary N) is 1. The molecule has 0 radical (unpaired) electrons. The summed E-state index contributed by atoms with van der Waals surface area (Å²) in [5.41, 5.74) is 2.53. The van der Waals surface area contributed by atoms with Crippen LogP contribution in [0.15, 0.2) is 63.2 Å². The van der Waals surface area contributed by atoms with Gasteiger partial charge in [0.15, 0.2) is 17.8 Å². The minimum absolute atomic E-state index is 0.164. The van der Waals surface area contributed by atoms with E-state index in [0.717, 1.165) is 9.69 Å². The Morgan fingerprint density at radius 2 is 1.79 bits per heavy atom. The summed E-state index contributed by atoms with van der Waals surface area (Å²) in [4.78, 5) is 17.9. The van der Waals surface area contributed by atoms with Crippen molar-refractivity contribution in [1.82, 2.24) is 19.8 Å². The smallest absolute Gasteiger partial charge is 0.382 e. The maximum Gasteiger partial charge on any atom is 0.416 e. The van der Waals surface area contributed by atoms with Crippen molar-refractivity contribution in [3.8, 4) is 11.4 Å². The standard InChI is InChI=1S/C23H22ClF5N6O2S/c1-22(25,26)20-30-18(31-35(20)15-5-3-4-6-16(15)38-2)12-34-21(37)33(11-17(36)23(27,28)29)19(32-34)13-7-9-14(24)10-8-13/h3-10,17-18,31,36H,11-12H2,1-2H3/t17-,18?/m0/s1. The average molecular weight is 577 g/mol. The molecule has 0 amide bonds. The Labute approximate surface area is 222 Å². The van der Waals surface area contributed by atoms with E-state index in [0.29, 0.717) is 27.1 Å². The fourth-order valence-electron chi connectivity index (χ4n) is 3.81. The number of nitrogens with zero attached hydrogens (tertiary/aromatic N) is 5. The Bertz CT molecular complexity index is 1390. The highest BCUT2D eigenvalue weighted by Crippen LogP contribution is 2.33. The van der Waals surface area contributed by atoms with E-state index in [1.54, 1.807) is 30.5 Å².